The van der Waals surface area contributed by atoms with E-state index in [0.717, 1.165) is 28.6 Å². The number of thiophene rings is 1. The molecule has 0 aliphatic carbocycles. The number of ether oxygens (including phenoxy) is 1. The van der Waals surface area contributed by atoms with E-state index in [2.05, 4.69) is 34.1 Å². The van der Waals surface area contributed by atoms with Gasteiger partial charge in [-0.15, -0.1) is 11.3 Å². The molecule has 2 aromatic heterocycles. The van der Waals surface area contributed by atoms with E-state index in [-0.39, 0.29) is 6.04 Å². The zero-order valence-electron chi connectivity index (χ0n) is 13.8. The third kappa shape index (κ3) is 3.28. The summed E-state index contributed by atoms with van der Waals surface area (Å²) in [6, 6.07) is 14.6. The number of nitrogens with zero attached hydrogens (tertiary/aromatic N) is 3. The van der Waals surface area contributed by atoms with Crippen LogP contribution in [-0.2, 0) is 11.3 Å². The summed E-state index contributed by atoms with van der Waals surface area (Å²) in [5.41, 5.74) is 8.10. The lowest BCUT2D eigenvalue weighted by atomic mass is 10.1. The second-order valence-electron chi connectivity index (χ2n) is 5.89. The van der Waals surface area contributed by atoms with Gasteiger partial charge in [-0.25, -0.2) is 9.97 Å². The zero-order valence-corrected chi connectivity index (χ0v) is 14.7. The Bertz CT molecular complexity index is 836. The van der Waals surface area contributed by atoms with Gasteiger partial charge in [-0.05, 0) is 23.1 Å². The van der Waals surface area contributed by atoms with Crippen molar-refractivity contribution >= 4 is 17.2 Å². The number of anilines is 1. The minimum absolute atomic E-state index is 0.161. The van der Waals surface area contributed by atoms with Crippen molar-refractivity contribution < 1.29 is 4.74 Å². The standard InChI is InChI=1S/C19H20N4OS/c20-12-17-15(7-11-25-17)19-21-8-6-18(22-19)23-9-10-24-13-16(23)14-4-2-1-3-5-14/h1-8,11,16H,9-10,12-13,20H2/t16-/m0/s1. The second-order valence-corrected chi connectivity index (χ2v) is 6.90. The van der Waals surface area contributed by atoms with Crippen LogP contribution in [0.3, 0.4) is 0 Å². The number of hydrogen-bond donors (Lipinski definition) is 1. The van der Waals surface area contributed by atoms with Crippen LogP contribution in [0.15, 0.2) is 54.0 Å². The first-order valence-electron chi connectivity index (χ1n) is 8.36. The highest BCUT2D eigenvalue weighted by atomic mass is 32.1. The average molecular weight is 352 g/mol. The van der Waals surface area contributed by atoms with Crippen molar-refractivity contribution in [3.63, 3.8) is 0 Å². The fourth-order valence-corrected chi connectivity index (χ4v) is 3.92. The first kappa shape index (κ1) is 16.2. The maximum atomic E-state index is 5.84. The molecule has 0 bridgehead atoms. The highest BCUT2D eigenvalue weighted by molar-refractivity contribution is 7.10. The molecule has 0 radical (unpaired) electrons. The van der Waals surface area contributed by atoms with E-state index in [9.17, 15) is 0 Å². The lowest BCUT2D eigenvalue weighted by Gasteiger charge is -2.36. The van der Waals surface area contributed by atoms with Gasteiger partial charge in [-0.1, -0.05) is 30.3 Å². The van der Waals surface area contributed by atoms with Crippen molar-refractivity contribution in [1.82, 2.24) is 9.97 Å². The van der Waals surface area contributed by atoms with E-state index in [1.54, 1.807) is 11.3 Å². The molecule has 0 spiro atoms. The lowest BCUT2D eigenvalue weighted by molar-refractivity contribution is 0.0937. The third-order valence-electron chi connectivity index (χ3n) is 4.42. The lowest BCUT2D eigenvalue weighted by Crippen LogP contribution is -2.40. The average Bonchev–Trinajstić information content (AvgIpc) is 3.18. The molecular formula is C19H20N4OS. The molecule has 128 valence electrons. The Morgan fingerprint density at radius 3 is 2.92 bits per heavy atom. The van der Waals surface area contributed by atoms with Gasteiger partial charge in [0.1, 0.15) is 5.82 Å². The Morgan fingerprint density at radius 2 is 2.08 bits per heavy atom. The van der Waals surface area contributed by atoms with Crippen LogP contribution in [0.2, 0.25) is 0 Å². The van der Waals surface area contributed by atoms with Crippen LogP contribution in [0, 0.1) is 0 Å². The predicted octanol–water partition coefficient (Wildman–Crippen LogP) is 3.24. The summed E-state index contributed by atoms with van der Waals surface area (Å²) in [6.45, 7) is 2.68. The molecule has 3 heterocycles. The Kier molecular flexibility index (Phi) is 4.74. The van der Waals surface area contributed by atoms with E-state index in [4.69, 9.17) is 15.5 Å². The topological polar surface area (TPSA) is 64.3 Å². The van der Waals surface area contributed by atoms with E-state index in [1.807, 2.05) is 29.8 Å². The summed E-state index contributed by atoms with van der Waals surface area (Å²) < 4.78 is 5.73. The first-order valence-corrected chi connectivity index (χ1v) is 9.24. The van der Waals surface area contributed by atoms with E-state index in [1.165, 1.54) is 5.56 Å². The molecule has 1 aliphatic heterocycles. The number of hydrogen-bond acceptors (Lipinski definition) is 6. The van der Waals surface area contributed by atoms with Crippen LogP contribution in [0.5, 0.6) is 0 Å². The highest BCUT2D eigenvalue weighted by Gasteiger charge is 2.26. The minimum atomic E-state index is 0.161. The number of aromatic nitrogens is 2. The fourth-order valence-electron chi connectivity index (χ4n) is 3.17. The zero-order chi connectivity index (χ0) is 17.1. The predicted molar refractivity (Wildman–Crippen MR) is 101 cm³/mol. The summed E-state index contributed by atoms with van der Waals surface area (Å²) in [5, 5.41) is 2.04. The van der Waals surface area contributed by atoms with Crippen molar-refractivity contribution in [2.75, 3.05) is 24.7 Å². The van der Waals surface area contributed by atoms with Gasteiger partial charge in [0.05, 0.1) is 19.3 Å². The Hall–Kier alpha value is -2.28. The fraction of sp³-hybridized carbons (Fsp3) is 0.263. The summed E-state index contributed by atoms with van der Waals surface area (Å²) in [7, 11) is 0. The molecule has 1 atom stereocenters. The third-order valence-corrected chi connectivity index (χ3v) is 5.36. The quantitative estimate of drug-likeness (QED) is 0.781. The molecule has 1 aromatic carbocycles. The number of benzene rings is 1. The van der Waals surface area contributed by atoms with Crippen LogP contribution in [0.4, 0.5) is 5.82 Å². The number of nitrogens with two attached hydrogens (primary N) is 1. The minimum Gasteiger partial charge on any atom is -0.377 e. The summed E-state index contributed by atoms with van der Waals surface area (Å²) >= 11 is 1.64. The van der Waals surface area contributed by atoms with Crippen LogP contribution in [0.25, 0.3) is 11.4 Å². The maximum Gasteiger partial charge on any atom is 0.162 e. The van der Waals surface area contributed by atoms with Crippen molar-refractivity contribution in [3.8, 4) is 11.4 Å². The van der Waals surface area contributed by atoms with Crippen molar-refractivity contribution in [1.29, 1.82) is 0 Å². The highest BCUT2D eigenvalue weighted by Crippen LogP contribution is 2.31. The monoisotopic (exact) mass is 352 g/mol. The molecule has 1 aliphatic rings. The summed E-state index contributed by atoms with van der Waals surface area (Å²) in [6.07, 6.45) is 1.83. The maximum absolute atomic E-state index is 5.84. The molecule has 0 amide bonds. The first-order chi connectivity index (χ1) is 12.4. The van der Waals surface area contributed by atoms with Gasteiger partial charge >= 0.3 is 0 Å². The molecule has 0 saturated carbocycles. The second kappa shape index (κ2) is 7.31. The Balaban J connectivity index is 1.69. The summed E-state index contributed by atoms with van der Waals surface area (Å²) in [5.74, 6) is 1.66. The van der Waals surface area contributed by atoms with Crippen LogP contribution in [-0.4, -0.2) is 29.7 Å². The summed E-state index contributed by atoms with van der Waals surface area (Å²) in [4.78, 5) is 12.7. The molecule has 25 heavy (non-hydrogen) atoms. The smallest absolute Gasteiger partial charge is 0.162 e. The van der Waals surface area contributed by atoms with E-state index < -0.39 is 0 Å². The molecule has 5 nitrogen and oxygen atoms in total. The number of rotatable bonds is 4. The SMILES string of the molecule is NCc1sccc1-c1nccc(N2CCOC[C@H]2c2ccccc2)n1. The van der Waals surface area contributed by atoms with Gasteiger partial charge in [0.2, 0.25) is 0 Å². The van der Waals surface area contributed by atoms with Gasteiger partial charge in [0, 0.05) is 29.7 Å². The van der Waals surface area contributed by atoms with Crippen LogP contribution < -0.4 is 10.6 Å². The van der Waals surface area contributed by atoms with Gasteiger partial charge < -0.3 is 15.4 Å². The Morgan fingerprint density at radius 1 is 1.20 bits per heavy atom. The van der Waals surface area contributed by atoms with Crippen molar-refractivity contribution in [2.24, 2.45) is 5.73 Å². The molecule has 3 aromatic rings. The molecule has 1 saturated heterocycles. The van der Waals surface area contributed by atoms with Gasteiger partial charge in [0.25, 0.3) is 0 Å². The van der Waals surface area contributed by atoms with E-state index >= 15 is 0 Å². The van der Waals surface area contributed by atoms with Gasteiger partial charge in [0.15, 0.2) is 5.82 Å². The normalized spacial score (nSPS) is 17.6. The molecule has 0 unspecified atom stereocenters. The molecule has 2 N–H and O–H groups in total. The molecular weight excluding hydrogens is 332 g/mol. The largest absolute Gasteiger partial charge is 0.377 e. The molecule has 1 fully saturated rings. The van der Waals surface area contributed by atoms with Crippen molar-refractivity contribution in [3.05, 3.63) is 64.5 Å². The van der Waals surface area contributed by atoms with Crippen LogP contribution >= 0.6 is 11.3 Å². The van der Waals surface area contributed by atoms with Crippen molar-refractivity contribution in [2.45, 2.75) is 12.6 Å². The van der Waals surface area contributed by atoms with E-state index in [0.29, 0.717) is 19.8 Å². The Labute approximate surface area is 151 Å². The number of morpholine rings is 1. The van der Waals surface area contributed by atoms with Crippen LogP contribution in [0.1, 0.15) is 16.5 Å². The van der Waals surface area contributed by atoms with Gasteiger partial charge in [-0.2, -0.15) is 0 Å². The van der Waals surface area contributed by atoms with Gasteiger partial charge in [-0.3, -0.25) is 0 Å². The molecule has 4 rings (SSSR count). The molecule has 6 heteroatoms.